The number of halogens is 4. The molecule has 0 atom stereocenters. The summed E-state index contributed by atoms with van der Waals surface area (Å²) in [4.78, 5) is 1.57. The van der Waals surface area contributed by atoms with Gasteiger partial charge in [0.25, 0.3) is 0 Å². The molecule has 0 unspecified atom stereocenters. The Morgan fingerprint density at radius 2 is 1.70 bits per heavy atom. The van der Waals surface area contributed by atoms with Gasteiger partial charge in [-0.05, 0) is 12.8 Å². The van der Waals surface area contributed by atoms with E-state index in [1.807, 2.05) is 0 Å². The van der Waals surface area contributed by atoms with E-state index in [1.165, 1.54) is 0 Å². The van der Waals surface area contributed by atoms with Crippen LogP contribution in [0.5, 0.6) is 5.75 Å². The zero-order chi connectivity index (χ0) is 14.3. The lowest BCUT2D eigenvalue weighted by Gasteiger charge is -2.32. The van der Waals surface area contributed by atoms with Crippen molar-refractivity contribution in [2.45, 2.75) is 25.1 Å². The summed E-state index contributed by atoms with van der Waals surface area (Å²) >= 11 is 0. The van der Waals surface area contributed by atoms with Gasteiger partial charge in [0.15, 0.2) is 11.6 Å². The molecule has 0 amide bonds. The van der Waals surface area contributed by atoms with Crippen LogP contribution in [0.15, 0.2) is 12.1 Å². The monoisotopic (exact) mass is 291 g/mol. The predicted octanol–water partition coefficient (Wildman–Crippen LogP) is 2.94. The van der Waals surface area contributed by atoms with Crippen LogP contribution in [0.25, 0.3) is 0 Å². The van der Waals surface area contributed by atoms with Crippen LogP contribution < -0.4 is 9.64 Å². The highest BCUT2D eigenvalue weighted by Gasteiger charge is 2.47. The Labute approximate surface area is 113 Å². The summed E-state index contributed by atoms with van der Waals surface area (Å²) in [6, 6.07) is 1.56. The van der Waals surface area contributed by atoms with E-state index in [0.29, 0.717) is 32.5 Å². The number of benzene rings is 1. The SMILES string of the molecule is Fc1cc(OC(F)F)cc(F)c1N1CCC2(CC1)CO2. The highest BCUT2D eigenvalue weighted by Crippen LogP contribution is 2.40. The van der Waals surface area contributed by atoms with Gasteiger partial charge in [-0.15, -0.1) is 0 Å². The van der Waals surface area contributed by atoms with Crippen molar-refractivity contribution in [3.05, 3.63) is 23.8 Å². The van der Waals surface area contributed by atoms with E-state index in [0.717, 1.165) is 12.1 Å². The van der Waals surface area contributed by atoms with Crippen molar-refractivity contribution in [1.82, 2.24) is 0 Å². The van der Waals surface area contributed by atoms with Gasteiger partial charge in [0.1, 0.15) is 11.4 Å². The molecule has 2 saturated heterocycles. The molecule has 1 spiro atoms. The molecule has 0 bridgehead atoms. The number of anilines is 1. The molecule has 2 aliphatic heterocycles. The third kappa shape index (κ3) is 2.54. The summed E-state index contributed by atoms with van der Waals surface area (Å²) in [5, 5.41) is 0. The Morgan fingerprint density at radius 1 is 1.15 bits per heavy atom. The number of hydrogen-bond donors (Lipinski definition) is 0. The van der Waals surface area contributed by atoms with E-state index >= 15 is 0 Å². The maximum absolute atomic E-state index is 13.9. The smallest absolute Gasteiger partial charge is 0.387 e. The number of alkyl halides is 2. The zero-order valence-corrected chi connectivity index (χ0v) is 10.5. The molecular formula is C13H13F4NO2. The molecule has 0 radical (unpaired) electrons. The van der Waals surface area contributed by atoms with E-state index in [2.05, 4.69) is 4.74 Å². The van der Waals surface area contributed by atoms with Gasteiger partial charge in [-0.1, -0.05) is 0 Å². The molecule has 0 aliphatic carbocycles. The fourth-order valence-corrected chi connectivity index (χ4v) is 2.54. The minimum atomic E-state index is -3.11. The lowest BCUT2D eigenvalue weighted by atomic mass is 9.97. The summed E-state index contributed by atoms with van der Waals surface area (Å²) in [6.07, 6.45) is 1.42. The molecule has 1 aromatic carbocycles. The second-order valence-electron chi connectivity index (χ2n) is 5.07. The number of rotatable bonds is 3. The van der Waals surface area contributed by atoms with E-state index < -0.39 is 24.0 Å². The van der Waals surface area contributed by atoms with Crippen LogP contribution in [0, 0.1) is 11.6 Å². The minimum absolute atomic E-state index is 0.0951. The summed E-state index contributed by atoms with van der Waals surface area (Å²) < 4.78 is 61.2. The van der Waals surface area contributed by atoms with Crippen molar-refractivity contribution < 1.29 is 27.0 Å². The second-order valence-corrected chi connectivity index (χ2v) is 5.07. The Balaban J connectivity index is 1.79. The molecule has 2 heterocycles. The van der Waals surface area contributed by atoms with Crippen LogP contribution in [0.1, 0.15) is 12.8 Å². The van der Waals surface area contributed by atoms with Crippen LogP contribution in [0.3, 0.4) is 0 Å². The van der Waals surface area contributed by atoms with Gasteiger partial charge < -0.3 is 14.4 Å². The lowest BCUT2D eigenvalue weighted by molar-refractivity contribution is -0.0501. The molecule has 110 valence electrons. The molecule has 3 rings (SSSR count). The van der Waals surface area contributed by atoms with Gasteiger partial charge in [-0.2, -0.15) is 8.78 Å². The van der Waals surface area contributed by atoms with Crippen LogP contribution in [-0.2, 0) is 4.74 Å². The number of nitrogens with zero attached hydrogens (tertiary/aromatic N) is 1. The normalized spacial score (nSPS) is 20.6. The molecule has 1 aromatic rings. The van der Waals surface area contributed by atoms with Crippen LogP contribution >= 0.6 is 0 Å². The number of ether oxygens (including phenoxy) is 2. The first-order chi connectivity index (χ1) is 9.49. The fourth-order valence-electron chi connectivity index (χ4n) is 2.54. The highest BCUT2D eigenvalue weighted by molar-refractivity contribution is 5.52. The highest BCUT2D eigenvalue weighted by atomic mass is 19.3. The molecule has 7 heteroatoms. The van der Waals surface area contributed by atoms with Gasteiger partial charge in [-0.3, -0.25) is 0 Å². The molecule has 0 aromatic heterocycles. The number of hydrogen-bond acceptors (Lipinski definition) is 3. The van der Waals surface area contributed by atoms with E-state index in [4.69, 9.17) is 4.74 Å². The quantitative estimate of drug-likeness (QED) is 0.632. The number of epoxide rings is 1. The van der Waals surface area contributed by atoms with Gasteiger partial charge >= 0.3 is 6.61 Å². The first-order valence-electron chi connectivity index (χ1n) is 6.32. The fraction of sp³-hybridized carbons (Fsp3) is 0.538. The summed E-state index contributed by atoms with van der Waals surface area (Å²) in [5.41, 5.74) is -0.288. The molecule has 2 fully saturated rings. The number of piperidine rings is 1. The van der Waals surface area contributed by atoms with Gasteiger partial charge in [0, 0.05) is 25.2 Å². The van der Waals surface area contributed by atoms with Crippen molar-refractivity contribution >= 4 is 5.69 Å². The summed E-state index contributed by atoms with van der Waals surface area (Å²) in [5.74, 6) is -2.31. The molecule has 3 nitrogen and oxygen atoms in total. The van der Waals surface area contributed by atoms with Crippen molar-refractivity contribution in [3.8, 4) is 5.75 Å². The largest absolute Gasteiger partial charge is 0.435 e. The average Bonchev–Trinajstić information content (AvgIpc) is 3.10. The Kier molecular flexibility index (Phi) is 3.24. The summed E-state index contributed by atoms with van der Waals surface area (Å²) in [6.45, 7) is -1.46. The third-order valence-corrected chi connectivity index (χ3v) is 3.76. The predicted molar refractivity (Wildman–Crippen MR) is 63.1 cm³/mol. The molecule has 0 saturated carbocycles. The van der Waals surface area contributed by atoms with Crippen molar-refractivity contribution in [2.75, 3.05) is 24.6 Å². The lowest BCUT2D eigenvalue weighted by Crippen LogP contribution is -2.38. The second kappa shape index (κ2) is 4.80. The summed E-state index contributed by atoms with van der Waals surface area (Å²) in [7, 11) is 0. The first-order valence-corrected chi connectivity index (χ1v) is 6.32. The van der Waals surface area contributed by atoms with Crippen molar-refractivity contribution in [1.29, 1.82) is 0 Å². The zero-order valence-electron chi connectivity index (χ0n) is 10.5. The van der Waals surface area contributed by atoms with Gasteiger partial charge in [0.05, 0.1) is 12.2 Å². The molecular weight excluding hydrogens is 278 g/mol. The van der Waals surface area contributed by atoms with E-state index in [9.17, 15) is 17.6 Å². The van der Waals surface area contributed by atoms with Gasteiger partial charge in [-0.25, -0.2) is 8.78 Å². The third-order valence-electron chi connectivity index (χ3n) is 3.76. The minimum Gasteiger partial charge on any atom is -0.435 e. The van der Waals surface area contributed by atoms with Gasteiger partial charge in [0.2, 0.25) is 0 Å². The maximum atomic E-state index is 13.9. The van der Waals surface area contributed by atoms with Crippen molar-refractivity contribution in [2.24, 2.45) is 0 Å². The Morgan fingerprint density at radius 3 is 2.15 bits per heavy atom. The molecule has 2 aliphatic rings. The van der Waals surface area contributed by atoms with Crippen molar-refractivity contribution in [3.63, 3.8) is 0 Å². The Hall–Kier alpha value is -1.50. The van der Waals surface area contributed by atoms with E-state index in [1.54, 1.807) is 4.90 Å². The first kappa shape index (κ1) is 13.5. The average molecular weight is 291 g/mol. The van der Waals surface area contributed by atoms with Crippen LogP contribution in [-0.4, -0.2) is 31.9 Å². The van der Waals surface area contributed by atoms with Crippen LogP contribution in [0.2, 0.25) is 0 Å². The molecule has 0 N–H and O–H groups in total. The maximum Gasteiger partial charge on any atom is 0.387 e. The van der Waals surface area contributed by atoms with E-state index in [-0.39, 0.29) is 11.3 Å². The molecule has 20 heavy (non-hydrogen) atoms. The van der Waals surface area contributed by atoms with Crippen LogP contribution in [0.4, 0.5) is 23.2 Å². The standard InChI is InChI=1S/C13H13F4NO2/c14-9-5-8(20-12(16)17)6-10(15)11(9)18-3-1-13(2-4-18)7-19-13/h5-6,12H,1-4,7H2. The topological polar surface area (TPSA) is 25.0 Å². The Bertz CT molecular complexity index is 486.